The van der Waals surface area contributed by atoms with Gasteiger partial charge in [0.25, 0.3) is 5.56 Å². The Bertz CT molecular complexity index is 1490. The average molecular weight is 481 g/mol. The Kier molecular flexibility index (Phi) is 6.61. The highest BCUT2D eigenvalue weighted by Gasteiger charge is 2.26. The van der Waals surface area contributed by atoms with E-state index in [4.69, 9.17) is 16.7 Å². The Labute approximate surface area is 202 Å². The summed E-state index contributed by atoms with van der Waals surface area (Å²) in [6.45, 7) is 6.96. The average Bonchev–Trinajstić information content (AvgIpc) is 3.34. The molecule has 178 valence electrons. The van der Waals surface area contributed by atoms with Crippen molar-refractivity contribution in [3.05, 3.63) is 74.0 Å². The van der Waals surface area contributed by atoms with Crippen LogP contribution >= 0.6 is 11.6 Å². The first-order valence-electron chi connectivity index (χ1n) is 11.4. The van der Waals surface area contributed by atoms with Crippen molar-refractivity contribution in [3.8, 4) is 11.4 Å². The summed E-state index contributed by atoms with van der Waals surface area (Å²) in [5.41, 5.74) is 2.64. The maximum absolute atomic E-state index is 13.4. The standard InChI is InChI=1S/C25H29ClN6O2/c1-6-10-18(17-11-8-7-9-12-17)14-32-22(21-19(26)15-29(4)27-21)20-23(28-32)31(13-16(2)3)25(34)30(5)24(20)33/h7-12,15-16H,6,13-14H2,1-5H3/b18-10+. The van der Waals surface area contributed by atoms with E-state index in [0.717, 1.165) is 22.1 Å². The van der Waals surface area contributed by atoms with Crippen LogP contribution in [-0.2, 0) is 27.2 Å². The van der Waals surface area contributed by atoms with Crippen LogP contribution < -0.4 is 11.2 Å². The second-order valence-electron chi connectivity index (χ2n) is 8.86. The third kappa shape index (κ3) is 4.25. The normalized spacial score (nSPS) is 12.3. The Balaban J connectivity index is 2.07. The van der Waals surface area contributed by atoms with Crippen molar-refractivity contribution in [1.29, 1.82) is 0 Å². The molecule has 0 bridgehead atoms. The van der Waals surface area contributed by atoms with Gasteiger partial charge in [0.15, 0.2) is 5.65 Å². The lowest BCUT2D eigenvalue weighted by molar-refractivity contribution is 0.498. The molecule has 0 aliphatic heterocycles. The molecule has 0 saturated heterocycles. The first-order chi connectivity index (χ1) is 16.2. The number of aromatic nitrogens is 6. The van der Waals surface area contributed by atoms with E-state index in [2.05, 4.69) is 18.1 Å². The summed E-state index contributed by atoms with van der Waals surface area (Å²) in [5, 5.41) is 10.1. The van der Waals surface area contributed by atoms with Crippen LogP contribution in [0.3, 0.4) is 0 Å². The fourth-order valence-electron chi connectivity index (χ4n) is 4.20. The van der Waals surface area contributed by atoms with Crippen molar-refractivity contribution >= 4 is 28.2 Å². The predicted molar refractivity (Wildman–Crippen MR) is 136 cm³/mol. The molecule has 3 aromatic heterocycles. The summed E-state index contributed by atoms with van der Waals surface area (Å²) in [6.07, 6.45) is 4.67. The number of allylic oxidation sites excluding steroid dienone is 2. The molecule has 0 unspecified atom stereocenters. The molecule has 0 fully saturated rings. The van der Waals surface area contributed by atoms with Gasteiger partial charge in [-0.1, -0.05) is 68.8 Å². The minimum Gasteiger partial charge on any atom is -0.276 e. The number of hydrogen-bond donors (Lipinski definition) is 0. The highest BCUT2D eigenvalue weighted by Crippen LogP contribution is 2.32. The number of nitrogens with zero attached hydrogens (tertiary/aromatic N) is 6. The zero-order chi connectivity index (χ0) is 24.6. The van der Waals surface area contributed by atoms with E-state index in [-0.39, 0.29) is 11.6 Å². The number of halogens is 1. The molecule has 0 spiro atoms. The van der Waals surface area contributed by atoms with Crippen LogP contribution in [0.1, 0.15) is 32.8 Å². The van der Waals surface area contributed by atoms with Crippen molar-refractivity contribution in [2.45, 2.75) is 40.3 Å². The molecule has 0 N–H and O–H groups in total. The van der Waals surface area contributed by atoms with Gasteiger partial charge in [-0.05, 0) is 23.5 Å². The van der Waals surface area contributed by atoms with E-state index in [1.807, 2.05) is 44.2 Å². The third-order valence-corrected chi connectivity index (χ3v) is 5.97. The van der Waals surface area contributed by atoms with Crippen LogP contribution in [-0.4, -0.2) is 28.7 Å². The van der Waals surface area contributed by atoms with Gasteiger partial charge >= 0.3 is 5.69 Å². The minimum atomic E-state index is -0.413. The van der Waals surface area contributed by atoms with Crippen LogP contribution in [0.2, 0.25) is 5.02 Å². The van der Waals surface area contributed by atoms with E-state index in [1.54, 1.807) is 27.2 Å². The lowest BCUT2D eigenvalue weighted by Gasteiger charge is -2.11. The summed E-state index contributed by atoms with van der Waals surface area (Å²) >= 11 is 6.55. The first kappa shape index (κ1) is 23.8. The van der Waals surface area contributed by atoms with Crippen LogP contribution in [0.5, 0.6) is 0 Å². The lowest BCUT2D eigenvalue weighted by Crippen LogP contribution is -2.38. The first-order valence-corrected chi connectivity index (χ1v) is 11.7. The van der Waals surface area contributed by atoms with Crippen LogP contribution in [0, 0.1) is 5.92 Å². The van der Waals surface area contributed by atoms with E-state index in [0.29, 0.717) is 40.5 Å². The quantitative estimate of drug-likeness (QED) is 0.399. The van der Waals surface area contributed by atoms with Crippen molar-refractivity contribution < 1.29 is 0 Å². The van der Waals surface area contributed by atoms with Crippen LogP contribution in [0.25, 0.3) is 28.0 Å². The van der Waals surface area contributed by atoms with Crippen molar-refractivity contribution in [2.75, 3.05) is 0 Å². The molecule has 0 saturated carbocycles. The van der Waals surface area contributed by atoms with E-state index in [1.165, 1.54) is 7.05 Å². The van der Waals surface area contributed by atoms with Gasteiger partial charge in [-0.25, -0.2) is 4.79 Å². The second kappa shape index (κ2) is 9.46. The molecule has 3 heterocycles. The van der Waals surface area contributed by atoms with Gasteiger partial charge < -0.3 is 0 Å². The molecule has 0 aliphatic carbocycles. The molecule has 0 atom stereocenters. The second-order valence-corrected chi connectivity index (χ2v) is 9.27. The number of aryl methyl sites for hydroxylation is 1. The van der Waals surface area contributed by atoms with E-state index < -0.39 is 5.56 Å². The maximum atomic E-state index is 13.4. The molecular formula is C25H29ClN6O2. The van der Waals surface area contributed by atoms with Crippen LogP contribution in [0.15, 0.2) is 52.2 Å². The summed E-state index contributed by atoms with van der Waals surface area (Å²) in [7, 11) is 3.27. The molecule has 9 heteroatoms. The van der Waals surface area contributed by atoms with E-state index in [9.17, 15) is 9.59 Å². The topological polar surface area (TPSA) is 79.6 Å². The van der Waals surface area contributed by atoms with Gasteiger partial charge in [0.05, 0.1) is 11.6 Å². The predicted octanol–water partition coefficient (Wildman–Crippen LogP) is 4.10. The molecule has 0 amide bonds. The van der Waals surface area contributed by atoms with Gasteiger partial charge in [-0.2, -0.15) is 10.2 Å². The minimum absolute atomic E-state index is 0.185. The Morgan fingerprint density at radius 3 is 2.41 bits per heavy atom. The molecule has 0 aliphatic rings. The molecule has 0 radical (unpaired) electrons. The summed E-state index contributed by atoms with van der Waals surface area (Å²) in [4.78, 5) is 26.4. The number of rotatable bonds is 7. The zero-order valence-electron chi connectivity index (χ0n) is 20.1. The lowest BCUT2D eigenvalue weighted by atomic mass is 10.0. The Hall–Kier alpha value is -3.39. The molecule has 8 nitrogen and oxygen atoms in total. The number of benzene rings is 1. The van der Waals surface area contributed by atoms with Gasteiger partial charge in [-0.3, -0.25) is 23.3 Å². The van der Waals surface area contributed by atoms with Gasteiger partial charge in [0.2, 0.25) is 0 Å². The van der Waals surface area contributed by atoms with Crippen molar-refractivity contribution in [2.24, 2.45) is 20.0 Å². The SMILES string of the molecule is CC/C=C(\Cn1nc2c(c1-c1nn(C)cc1Cl)c(=O)n(C)c(=O)n2CC(C)C)c1ccccc1. The zero-order valence-corrected chi connectivity index (χ0v) is 20.9. The summed E-state index contributed by atoms with van der Waals surface area (Å²) < 4.78 is 6.07. The maximum Gasteiger partial charge on any atom is 0.332 e. The number of fused-ring (bicyclic) bond motifs is 1. The number of hydrogen-bond acceptors (Lipinski definition) is 4. The van der Waals surface area contributed by atoms with Crippen LogP contribution in [0.4, 0.5) is 0 Å². The monoisotopic (exact) mass is 480 g/mol. The molecule has 1 aromatic carbocycles. The van der Waals surface area contributed by atoms with Gasteiger partial charge in [0, 0.05) is 26.8 Å². The summed E-state index contributed by atoms with van der Waals surface area (Å²) in [5.74, 6) is 0.185. The van der Waals surface area contributed by atoms with Gasteiger partial charge in [0.1, 0.15) is 16.8 Å². The fourth-order valence-corrected chi connectivity index (χ4v) is 4.47. The van der Waals surface area contributed by atoms with Crippen molar-refractivity contribution in [3.63, 3.8) is 0 Å². The molecule has 4 rings (SSSR count). The smallest absolute Gasteiger partial charge is 0.276 e. The Morgan fingerprint density at radius 1 is 1.12 bits per heavy atom. The third-order valence-electron chi connectivity index (χ3n) is 5.70. The summed E-state index contributed by atoms with van der Waals surface area (Å²) in [6, 6.07) is 10.1. The van der Waals surface area contributed by atoms with Crippen molar-refractivity contribution in [1.82, 2.24) is 28.7 Å². The highest BCUT2D eigenvalue weighted by molar-refractivity contribution is 6.33. The Morgan fingerprint density at radius 2 is 1.82 bits per heavy atom. The largest absolute Gasteiger partial charge is 0.332 e. The van der Waals surface area contributed by atoms with E-state index >= 15 is 0 Å². The molecule has 4 aromatic rings. The van der Waals surface area contributed by atoms with Gasteiger partial charge in [-0.15, -0.1) is 0 Å². The highest BCUT2D eigenvalue weighted by atomic mass is 35.5. The molecule has 34 heavy (non-hydrogen) atoms. The fraction of sp³-hybridized carbons (Fsp3) is 0.360. The molecular weight excluding hydrogens is 452 g/mol.